The average molecular weight is 332 g/mol. The number of guanidine groups is 1. The number of nitrogens with one attached hydrogen (secondary N) is 2. The highest BCUT2D eigenvalue weighted by Crippen LogP contribution is 2.15. The van der Waals surface area contributed by atoms with Gasteiger partial charge in [-0.15, -0.1) is 0 Å². The lowest BCUT2D eigenvalue weighted by atomic mass is 9.97. The van der Waals surface area contributed by atoms with Gasteiger partial charge in [-0.25, -0.2) is 4.99 Å². The van der Waals surface area contributed by atoms with Crippen molar-refractivity contribution in [3.63, 3.8) is 0 Å². The van der Waals surface area contributed by atoms with E-state index in [1.807, 2.05) is 6.07 Å². The lowest BCUT2D eigenvalue weighted by molar-refractivity contribution is 0.121. The number of ether oxygens (including phenoxy) is 1. The summed E-state index contributed by atoms with van der Waals surface area (Å²) < 4.78 is 5.16. The van der Waals surface area contributed by atoms with Crippen LogP contribution in [0.4, 0.5) is 0 Å². The van der Waals surface area contributed by atoms with Gasteiger partial charge in [-0.2, -0.15) is 0 Å². The molecule has 0 aromatic heterocycles. The number of methoxy groups -OCH3 is 1. The van der Waals surface area contributed by atoms with Gasteiger partial charge in [-0.3, -0.25) is 0 Å². The molecule has 0 amide bonds. The van der Waals surface area contributed by atoms with Gasteiger partial charge in [-0.1, -0.05) is 30.3 Å². The summed E-state index contributed by atoms with van der Waals surface area (Å²) in [5.41, 5.74) is 1.24. The Hall–Kier alpha value is -1.59. The molecule has 24 heavy (non-hydrogen) atoms. The van der Waals surface area contributed by atoms with E-state index in [1.165, 1.54) is 31.5 Å². The molecule has 134 valence electrons. The number of hydrogen-bond donors (Lipinski definition) is 2. The first-order valence-electron chi connectivity index (χ1n) is 9.09. The van der Waals surface area contributed by atoms with Crippen molar-refractivity contribution in [2.24, 2.45) is 10.9 Å². The highest BCUT2D eigenvalue weighted by Gasteiger charge is 2.18. The second-order valence-electron chi connectivity index (χ2n) is 6.34. The number of hydrogen-bond acceptors (Lipinski definition) is 3. The van der Waals surface area contributed by atoms with Gasteiger partial charge in [0.2, 0.25) is 0 Å². The molecule has 1 aliphatic rings. The van der Waals surface area contributed by atoms with E-state index in [-0.39, 0.29) is 0 Å². The minimum Gasteiger partial charge on any atom is -0.383 e. The maximum absolute atomic E-state index is 5.16. The predicted molar refractivity (Wildman–Crippen MR) is 100 cm³/mol. The maximum atomic E-state index is 5.16. The van der Waals surface area contributed by atoms with Gasteiger partial charge in [0.25, 0.3) is 0 Å². The molecule has 0 unspecified atom stereocenters. The molecule has 0 bridgehead atoms. The molecule has 0 saturated carbocycles. The van der Waals surface area contributed by atoms with Crippen LogP contribution in [0.25, 0.3) is 0 Å². The van der Waals surface area contributed by atoms with Crippen LogP contribution >= 0.6 is 0 Å². The number of piperidine rings is 1. The van der Waals surface area contributed by atoms with Crippen LogP contribution in [0.1, 0.15) is 25.3 Å². The van der Waals surface area contributed by atoms with Gasteiger partial charge in [0, 0.05) is 26.7 Å². The fraction of sp³-hybridized carbons (Fsp3) is 0.632. The summed E-state index contributed by atoms with van der Waals surface area (Å²) >= 11 is 0. The largest absolute Gasteiger partial charge is 0.383 e. The first-order chi connectivity index (χ1) is 11.8. The van der Waals surface area contributed by atoms with Gasteiger partial charge in [0.05, 0.1) is 13.2 Å². The minimum absolute atomic E-state index is 0.714. The molecule has 1 saturated heterocycles. The third-order valence-electron chi connectivity index (χ3n) is 4.48. The van der Waals surface area contributed by atoms with E-state index in [1.54, 1.807) is 7.11 Å². The van der Waals surface area contributed by atoms with E-state index in [4.69, 9.17) is 9.73 Å². The first-order valence-corrected chi connectivity index (χ1v) is 9.09. The van der Waals surface area contributed by atoms with Crippen LogP contribution in [0, 0.1) is 5.92 Å². The van der Waals surface area contributed by atoms with Crippen LogP contribution in [0.15, 0.2) is 35.3 Å². The second kappa shape index (κ2) is 11.0. The Morgan fingerprint density at radius 1 is 1.21 bits per heavy atom. The number of likely N-dealkylation sites (tertiary alicyclic amines) is 1. The summed E-state index contributed by atoms with van der Waals surface area (Å²) in [6.45, 7) is 8.94. The standard InChI is InChI=1S/C19H32N4O/c1-3-20-19(21-15-17-7-5-4-6-8-17)22-16-18-9-11-23(12-10-18)13-14-24-2/h4-8,18H,3,9-16H2,1-2H3,(H2,20,21,22). The first kappa shape index (κ1) is 18.7. The van der Waals surface area contributed by atoms with Crippen molar-refractivity contribution in [2.75, 3.05) is 46.4 Å². The Bertz CT molecular complexity index is 470. The highest BCUT2D eigenvalue weighted by atomic mass is 16.5. The zero-order chi connectivity index (χ0) is 17.0. The van der Waals surface area contributed by atoms with Gasteiger partial charge in [-0.05, 0) is 44.3 Å². The maximum Gasteiger partial charge on any atom is 0.191 e. The van der Waals surface area contributed by atoms with Crippen molar-refractivity contribution in [1.82, 2.24) is 15.5 Å². The molecule has 2 N–H and O–H groups in total. The topological polar surface area (TPSA) is 48.9 Å². The molecule has 5 heteroatoms. The number of aliphatic imine (C=N–C) groups is 1. The number of nitrogens with zero attached hydrogens (tertiary/aromatic N) is 2. The lowest BCUT2D eigenvalue weighted by Crippen LogP contribution is -2.43. The predicted octanol–water partition coefficient (Wildman–Crippen LogP) is 2.10. The lowest BCUT2D eigenvalue weighted by Gasteiger charge is -2.32. The number of benzene rings is 1. The van der Waals surface area contributed by atoms with Crippen molar-refractivity contribution < 1.29 is 4.74 Å². The number of rotatable bonds is 8. The summed E-state index contributed by atoms with van der Waals surface area (Å²) in [6.07, 6.45) is 2.49. The Kier molecular flexibility index (Phi) is 8.63. The van der Waals surface area contributed by atoms with Crippen LogP contribution < -0.4 is 10.6 Å². The zero-order valence-corrected chi connectivity index (χ0v) is 15.1. The highest BCUT2D eigenvalue weighted by molar-refractivity contribution is 5.79. The molecule has 0 radical (unpaired) electrons. The fourth-order valence-electron chi connectivity index (χ4n) is 2.97. The third-order valence-corrected chi connectivity index (χ3v) is 4.48. The van der Waals surface area contributed by atoms with Crippen molar-refractivity contribution >= 4 is 5.96 Å². The Balaban J connectivity index is 1.73. The third kappa shape index (κ3) is 6.89. The molecule has 1 aliphatic heterocycles. The minimum atomic E-state index is 0.714. The van der Waals surface area contributed by atoms with E-state index < -0.39 is 0 Å². The molecule has 1 aromatic rings. The zero-order valence-electron chi connectivity index (χ0n) is 15.1. The quantitative estimate of drug-likeness (QED) is 0.565. The summed E-state index contributed by atoms with van der Waals surface area (Å²) in [5.74, 6) is 1.65. The summed E-state index contributed by atoms with van der Waals surface area (Å²) in [4.78, 5) is 7.19. The summed E-state index contributed by atoms with van der Waals surface area (Å²) in [5, 5.41) is 6.86. The fourth-order valence-corrected chi connectivity index (χ4v) is 2.97. The molecule has 2 rings (SSSR count). The van der Waals surface area contributed by atoms with E-state index in [2.05, 4.69) is 46.7 Å². The SMILES string of the molecule is CCNC(=NCc1ccccc1)NCC1CCN(CCOC)CC1. The van der Waals surface area contributed by atoms with Crippen molar-refractivity contribution in [1.29, 1.82) is 0 Å². The van der Waals surface area contributed by atoms with Crippen LogP contribution in [0.3, 0.4) is 0 Å². The molecule has 1 aromatic carbocycles. The van der Waals surface area contributed by atoms with Gasteiger partial charge in [0.15, 0.2) is 5.96 Å². The van der Waals surface area contributed by atoms with Crippen molar-refractivity contribution in [2.45, 2.75) is 26.3 Å². The summed E-state index contributed by atoms with van der Waals surface area (Å²) in [7, 11) is 1.77. The molecule has 0 aliphatic carbocycles. The van der Waals surface area contributed by atoms with E-state index in [0.29, 0.717) is 6.54 Å². The van der Waals surface area contributed by atoms with Crippen LogP contribution in [0.2, 0.25) is 0 Å². The second-order valence-corrected chi connectivity index (χ2v) is 6.34. The molecular weight excluding hydrogens is 300 g/mol. The van der Waals surface area contributed by atoms with Crippen LogP contribution in [-0.4, -0.2) is 57.3 Å². The van der Waals surface area contributed by atoms with Crippen molar-refractivity contribution in [3.8, 4) is 0 Å². The van der Waals surface area contributed by atoms with E-state index in [9.17, 15) is 0 Å². The van der Waals surface area contributed by atoms with Gasteiger partial charge < -0.3 is 20.3 Å². The van der Waals surface area contributed by atoms with Crippen LogP contribution in [0.5, 0.6) is 0 Å². The van der Waals surface area contributed by atoms with E-state index >= 15 is 0 Å². The van der Waals surface area contributed by atoms with Crippen LogP contribution in [-0.2, 0) is 11.3 Å². The van der Waals surface area contributed by atoms with Gasteiger partial charge >= 0.3 is 0 Å². The van der Waals surface area contributed by atoms with Crippen molar-refractivity contribution in [3.05, 3.63) is 35.9 Å². The molecule has 1 fully saturated rings. The Morgan fingerprint density at radius 3 is 2.62 bits per heavy atom. The molecule has 1 heterocycles. The normalized spacial score (nSPS) is 17.0. The average Bonchev–Trinajstić information content (AvgIpc) is 2.64. The molecule has 0 atom stereocenters. The molecular formula is C19H32N4O. The summed E-state index contributed by atoms with van der Waals surface area (Å²) in [6, 6.07) is 10.4. The van der Waals surface area contributed by atoms with E-state index in [0.717, 1.165) is 38.1 Å². The monoisotopic (exact) mass is 332 g/mol. The molecule has 0 spiro atoms. The Labute approximate surface area is 146 Å². The molecule has 5 nitrogen and oxygen atoms in total. The van der Waals surface area contributed by atoms with Gasteiger partial charge in [0.1, 0.15) is 0 Å². The Morgan fingerprint density at radius 2 is 1.96 bits per heavy atom. The smallest absolute Gasteiger partial charge is 0.191 e.